The van der Waals surface area contributed by atoms with Crippen LogP contribution in [0.25, 0.3) is 6.08 Å². The number of amides is 1. The van der Waals surface area contributed by atoms with Crippen molar-refractivity contribution in [3.05, 3.63) is 68.5 Å². The number of amidine groups is 1. The molecule has 3 nitrogen and oxygen atoms in total. The molecule has 3 rings (SSSR count). The number of nitrogens with zero attached hydrogens (tertiary/aromatic N) is 1. The van der Waals surface area contributed by atoms with Gasteiger partial charge >= 0.3 is 0 Å². The molecule has 2 aromatic carbocycles. The van der Waals surface area contributed by atoms with Crippen molar-refractivity contribution in [3.63, 3.8) is 0 Å². The molecular formula is C18H15BrN2OS. The van der Waals surface area contributed by atoms with Crippen LogP contribution in [0, 0.1) is 13.8 Å². The molecule has 1 amide bonds. The highest BCUT2D eigenvalue weighted by atomic mass is 79.9. The molecule has 0 radical (unpaired) electrons. The average Bonchev–Trinajstić information content (AvgIpc) is 2.85. The van der Waals surface area contributed by atoms with Crippen LogP contribution in [-0.2, 0) is 4.79 Å². The summed E-state index contributed by atoms with van der Waals surface area (Å²) in [6, 6.07) is 13.9. The van der Waals surface area contributed by atoms with Crippen molar-refractivity contribution >= 4 is 50.5 Å². The number of halogens is 1. The lowest BCUT2D eigenvalue weighted by Gasteiger charge is -2.04. The van der Waals surface area contributed by atoms with Gasteiger partial charge in [0, 0.05) is 4.47 Å². The lowest BCUT2D eigenvalue weighted by molar-refractivity contribution is -0.115. The van der Waals surface area contributed by atoms with Crippen molar-refractivity contribution in [2.24, 2.45) is 4.99 Å². The molecule has 5 heteroatoms. The fraction of sp³-hybridized carbons (Fsp3) is 0.111. The maximum atomic E-state index is 12.2. The van der Waals surface area contributed by atoms with Gasteiger partial charge in [0.1, 0.15) is 0 Å². The standard InChI is InChI=1S/C18H15BrN2OS/c1-11-6-5-7-12(2)16(11)20-18-21-17(22)15(23-18)10-13-8-3-4-9-14(13)19/h3-10H,1-2H3,(H,20,21,22)/b15-10+. The highest BCUT2D eigenvalue weighted by Crippen LogP contribution is 2.31. The van der Waals surface area contributed by atoms with Gasteiger partial charge in [0.15, 0.2) is 5.17 Å². The predicted molar refractivity (Wildman–Crippen MR) is 101 cm³/mol. The zero-order chi connectivity index (χ0) is 16.4. The van der Waals surface area contributed by atoms with Gasteiger partial charge in [-0.25, -0.2) is 4.99 Å². The minimum absolute atomic E-state index is 0.115. The second-order valence-corrected chi connectivity index (χ2v) is 7.13. The summed E-state index contributed by atoms with van der Waals surface area (Å²) in [5.41, 5.74) is 4.07. The first kappa shape index (κ1) is 16.0. The number of benzene rings is 2. The van der Waals surface area contributed by atoms with Crippen molar-refractivity contribution in [1.82, 2.24) is 5.32 Å². The van der Waals surface area contributed by atoms with Gasteiger partial charge in [0.2, 0.25) is 0 Å². The predicted octanol–water partition coefficient (Wildman–Crippen LogP) is 4.96. The zero-order valence-electron chi connectivity index (χ0n) is 12.8. The van der Waals surface area contributed by atoms with Gasteiger partial charge in [-0.1, -0.05) is 52.3 Å². The Morgan fingerprint density at radius 1 is 1.09 bits per heavy atom. The van der Waals surface area contributed by atoms with E-state index in [1.165, 1.54) is 11.8 Å². The molecule has 2 aromatic rings. The van der Waals surface area contributed by atoms with E-state index in [4.69, 9.17) is 0 Å². The van der Waals surface area contributed by atoms with Gasteiger partial charge in [-0.15, -0.1) is 0 Å². The van der Waals surface area contributed by atoms with Crippen molar-refractivity contribution in [1.29, 1.82) is 0 Å². The molecule has 0 aliphatic carbocycles. The lowest BCUT2D eigenvalue weighted by Crippen LogP contribution is -2.19. The van der Waals surface area contributed by atoms with E-state index < -0.39 is 0 Å². The lowest BCUT2D eigenvalue weighted by atomic mass is 10.1. The summed E-state index contributed by atoms with van der Waals surface area (Å²) in [6.07, 6.45) is 1.87. The Kier molecular flexibility index (Phi) is 4.68. The summed E-state index contributed by atoms with van der Waals surface area (Å²) < 4.78 is 0.959. The van der Waals surface area contributed by atoms with Crippen LogP contribution in [0.4, 0.5) is 5.69 Å². The molecule has 0 aromatic heterocycles. The van der Waals surface area contributed by atoms with E-state index in [1.54, 1.807) is 0 Å². The van der Waals surface area contributed by atoms with Gasteiger partial charge < -0.3 is 5.32 Å². The van der Waals surface area contributed by atoms with E-state index >= 15 is 0 Å². The Balaban J connectivity index is 1.91. The Morgan fingerprint density at radius 3 is 2.48 bits per heavy atom. The van der Waals surface area contributed by atoms with Gasteiger partial charge in [-0.3, -0.25) is 4.79 Å². The Bertz CT molecular complexity index is 822. The molecule has 1 N–H and O–H groups in total. The van der Waals surface area contributed by atoms with Gasteiger partial charge in [0.25, 0.3) is 5.91 Å². The van der Waals surface area contributed by atoms with E-state index in [-0.39, 0.29) is 5.91 Å². The number of hydrogen-bond donors (Lipinski definition) is 1. The topological polar surface area (TPSA) is 41.5 Å². The Morgan fingerprint density at radius 2 is 1.78 bits per heavy atom. The number of rotatable bonds is 2. The maximum absolute atomic E-state index is 12.2. The molecule has 0 bridgehead atoms. The van der Waals surface area contributed by atoms with Crippen molar-refractivity contribution < 1.29 is 4.79 Å². The molecule has 0 atom stereocenters. The van der Waals surface area contributed by atoms with E-state index in [9.17, 15) is 4.79 Å². The van der Waals surface area contributed by atoms with Crippen LogP contribution in [0.15, 0.2) is 56.8 Å². The third-order valence-corrected chi connectivity index (χ3v) is 5.13. The Labute approximate surface area is 148 Å². The summed E-state index contributed by atoms with van der Waals surface area (Å²) in [5, 5.41) is 3.45. The fourth-order valence-corrected chi connectivity index (χ4v) is 3.52. The third kappa shape index (κ3) is 3.57. The van der Waals surface area contributed by atoms with Crippen molar-refractivity contribution in [2.45, 2.75) is 13.8 Å². The molecule has 1 aliphatic rings. The van der Waals surface area contributed by atoms with Crippen LogP contribution in [0.5, 0.6) is 0 Å². The highest BCUT2D eigenvalue weighted by Gasteiger charge is 2.24. The minimum Gasteiger partial charge on any atom is -0.300 e. The average molecular weight is 387 g/mol. The number of aliphatic imine (C=N–C) groups is 1. The van der Waals surface area contributed by atoms with E-state index in [0.717, 1.165) is 26.9 Å². The quantitative estimate of drug-likeness (QED) is 0.741. The van der Waals surface area contributed by atoms with Crippen molar-refractivity contribution in [2.75, 3.05) is 0 Å². The van der Waals surface area contributed by atoms with E-state index in [0.29, 0.717) is 10.1 Å². The number of nitrogens with one attached hydrogen (secondary N) is 1. The maximum Gasteiger partial charge on any atom is 0.264 e. The van der Waals surface area contributed by atoms with Crippen LogP contribution in [0.1, 0.15) is 16.7 Å². The monoisotopic (exact) mass is 386 g/mol. The summed E-state index contributed by atoms with van der Waals surface area (Å²) in [5.74, 6) is -0.115. The molecule has 0 unspecified atom stereocenters. The molecule has 116 valence electrons. The van der Waals surface area contributed by atoms with Gasteiger partial charge in [-0.05, 0) is 54.4 Å². The first-order valence-electron chi connectivity index (χ1n) is 7.15. The number of aryl methyl sites for hydroxylation is 2. The first-order chi connectivity index (χ1) is 11.0. The molecule has 23 heavy (non-hydrogen) atoms. The number of hydrogen-bond acceptors (Lipinski definition) is 3. The molecule has 1 saturated heterocycles. The number of carbonyl (C=O) groups is 1. The van der Waals surface area contributed by atoms with Crippen molar-refractivity contribution in [3.8, 4) is 0 Å². The van der Waals surface area contributed by atoms with Crippen LogP contribution in [0.3, 0.4) is 0 Å². The number of carbonyl (C=O) groups excluding carboxylic acids is 1. The summed E-state index contributed by atoms with van der Waals surface area (Å²) in [6.45, 7) is 4.04. The second kappa shape index (κ2) is 6.72. The Hall–Kier alpha value is -1.85. The van der Waals surface area contributed by atoms with Crippen LogP contribution < -0.4 is 5.32 Å². The van der Waals surface area contributed by atoms with Crippen LogP contribution in [0.2, 0.25) is 0 Å². The zero-order valence-corrected chi connectivity index (χ0v) is 15.2. The van der Waals surface area contributed by atoms with E-state index in [1.807, 2.05) is 62.4 Å². The molecule has 0 spiro atoms. The number of para-hydroxylation sites is 1. The molecule has 0 saturated carbocycles. The summed E-state index contributed by atoms with van der Waals surface area (Å²) in [4.78, 5) is 17.4. The van der Waals surface area contributed by atoms with Gasteiger partial charge in [-0.2, -0.15) is 0 Å². The second-order valence-electron chi connectivity index (χ2n) is 5.24. The van der Waals surface area contributed by atoms with Crippen LogP contribution in [-0.4, -0.2) is 11.1 Å². The van der Waals surface area contributed by atoms with E-state index in [2.05, 4.69) is 26.2 Å². The summed E-state index contributed by atoms with van der Waals surface area (Å²) in [7, 11) is 0. The fourth-order valence-electron chi connectivity index (χ4n) is 2.30. The minimum atomic E-state index is -0.115. The SMILES string of the molecule is Cc1cccc(C)c1N=C1NC(=O)/C(=C\c2ccccc2Br)S1. The first-order valence-corrected chi connectivity index (χ1v) is 8.76. The highest BCUT2D eigenvalue weighted by molar-refractivity contribution is 9.10. The largest absolute Gasteiger partial charge is 0.300 e. The smallest absolute Gasteiger partial charge is 0.264 e. The summed E-state index contributed by atoms with van der Waals surface area (Å²) >= 11 is 4.86. The number of thioether (sulfide) groups is 1. The van der Waals surface area contributed by atoms with Gasteiger partial charge in [0.05, 0.1) is 10.6 Å². The molecule has 1 heterocycles. The molecule has 1 aliphatic heterocycles. The van der Waals surface area contributed by atoms with Crippen LogP contribution >= 0.6 is 27.7 Å². The third-order valence-electron chi connectivity index (χ3n) is 3.50. The molecule has 1 fully saturated rings. The normalized spacial score (nSPS) is 17.8. The molecular weight excluding hydrogens is 372 g/mol.